The van der Waals surface area contributed by atoms with Crippen LogP contribution in [0.15, 0.2) is 54.6 Å². The molecule has 2 aromatic rings. The zero-order valence-electron chi connectivity index (χ0n) is 22.1. The topological polar surface area (TPSA) is 125 Å². The molecule has 1 saturated heterocycles. The van der Waals surface area contributed by atoms with Crippen molar-refractivity contribution in [1.82, 2.24) is 15.1 Å². The van der Waals surface area contributed by atoms with Gasteiger partial charge in [0.05, 0.1) is 0 Å². The Morgan fingerprint density at radius 2 is 1.64 bits per heavy atom. The Bertz CT molecular complexity index is 1170. The molecule has 4 N–H and O–H groups in total. The van der Waals surface area contributed by atoms with Gasteiger partial charge in [-0.25, -0.2) is 4.39 Å². The lowest BCUT2D eigenvalue weighted by atomic mass is 9.92. The number of hydrogen-bond acceptors (Lipinski definition) is 5. The van der Waals surface area contributed by atoms with E-state index in [2.05, 4.69) is 10.6 Å². The third-order valence-corrected chi connectivity index (χ3v) is 7.25. The molecule has 3 atom stereocenters. The molecule has 208 valence electrons. The summed E-state index contributed by atoms with van der Waals surface area (Å²) in [6.07, 6.45) is 2.88. The third-order valence-electron chi connectivity index (χ3n) is 7.25. The zero-order valence-corrected chi connectivity index (χ0v) is 22.1. The number of halogens is 1. The molecule has 2 aromatic carbocycles. The molecule has 0 aromatic heterocycles. The molecule has 1 aliphatic carbocycles. The first-order valence-electron chi connectivity index (χ1n) is 13.4. The number of benzene rings is 2. The first kappa shape index (κ1) is 28.2. The van der Waals surface area contributed by atoms with Crippen molar-refractivity contribution in [3.8, 4) is 0 Å². The lowest BCUT2D eigenvalue weighted by Crippen LogP contribution is -2.58. The highest BCUT2D eigenvalue weighted by Crippen LogP contribution is 2.30. The minimum Gasteiger partial charge on any atom is -0.350 e. The number of nitrogens with zero attached hydrogens (tertiary/aromatic N) is 2. The maximum absolute atomic E-state index is 13.2. The van der Waals surface area contributed by atoms with Crippen LogP contribution in [0.5, 0.6) is 0 Å². The van der Waals surface area contributed by atoms with Crippen molar-refractivity contribution in [2.45, 2.75) is 44.7 Å². The van der Waals surface area contributed by atoms with Gasteiger partial charge in [0.2, 0.25) is 11.8 Å². The number of carbonyl (C=O) groups excluding carboxylic acids is 4. The molecule has 1 heterocycles. The van der Waals surface area contributed by atoms with Crippen LogP contribution in [0.4, 0.5) is 10.1 Å². The molecule has 2 aliphatic rings. The van der Waals surface area contributed by atoms with E-state index in [1.807, 2.05) is 30.3 Å². The molecule has 1 aliphatic heterocycles. The second-order valence-corrected chi connectivity index (χ2v) is 10.6. The fraction of sp³-hybridized carbons (Fsp3) is 0.448. The molecule has 10 heteroatoms. The number of rotatable bonds is 12. The van der Waals surface area contributed by atoms with Crippen LogP contribution >= 0.6 is 0 Å². The first-order valence-corrected chi connectivity index (χ1v) is 13.4. The van der Waals surface area contributed by atoms with Crippen LogP contribution in [0.3, 0.4) is 0 Å². The Labute approximate surface area is 227 Å². The summed E-state index contributed by atoms with van der Waals surface area (Å²) in [5, 5.41) is 5.70. The highest BCUT2D eigenvalue weighted by molar-refractivity contribution is 6.35. The average Bonchev–Trinajstić information content (AvgIpc) is 3.74. The number of anilines is 1. The first-order chi connectivity index (χ1) is 18.7. The average molecular weight is 538 g/mol. The molecule has 0 bridgehead atoms. The molecular formula is C29H36FN5O4. The monoisotopic (exact) mass is 537 g/mol. The van der Waals surface area contributed by atoms with Gasteiger partial charge in [0, 0.05) is 43.3 Å². The number of piperazine rings is 1. The number of nitrogens with two attached hydrogens (primary N) is 1. The van der Waals surface area contributed by atoms with Gasteiger partial charge in [-0.3, -0.25) is 19.2 Å². The molecule has 0 unspecified atom stereocenters. The Balaban J connectivity index is 1.35. The molecule has 0 spiro atoms. The molecule has 39 heavy (non-hydrogen) atoms. The van der Waals surface area contributed by atoms with E-state index in [1.165, 1.54) is 29.2 Å². The Hall–Kier alpha value is -3.79. The van der Waals surface area contributed by atoms with Crippen LogP contribution in [-0.2, 0) is 25.6 Å². The summed E-state index contributed by atoms with van der Waals surface area (Å²) in [5.41, 5.74) is 7.97. The zero-order chi connectivity index (χ0) is 27.9. The van der Waals surface area contributed by atoms with Gasteiger partial charge >= 0.3 is 11.8 Å². The van der Waals surface area contributed by atoms with E-state index in [1.54, 1.807) is 11.8 Å². The molecule has 9 nitrogen and oxygen atoms in total. The summed E-state index contributed by atoms with van der Waals surface area (Å²) in [6.45, 7) is 2.83. The Morgan fingerprint density at radius 1 is 1.00 bits per heavy atom. The van der Waals surface area contributed by atoms with Crippen LogP contribution in [0.2, 0.25) is 0 Å². The molecular weight excluding hydrogens is 501 g/mol. The van der Waals surface area contributed by atoms with E-state index < -0.39 is 41.5 Å². The standard InChI is InChI=1S/C29H36FN5O4/c1-19(27(37)32-23-11-9-22(30)10-12-23)15-24(31)25(16-20-5-3-2-4-6-20)33-26(36)18-35-14-13-34(17-21-7-8-21)28(38)29(35)39/h2-6,9-12,19,21,24-25H,7-8,13-18,31H2,1H3,(H,32,37)(H,33,36)/t19-,24+,25+/m1/s1. The third kappa shape index (κ3) is 8.10. The van der Waals surface area contributed by atoms with Crippen LogP contribution in [0, 0.1) is 17.7 Å². The van der Waals surface area contributed by atoms with Gasteiger partial charge in [-0.2, -0.15) is 0 Å². The van der Waals surface area contributed by atoms with Gasteiger partial charge in [0.25, 0.3) is 0 Å². The van der Waals surface area contributed by atoms with Gasteiger partial charge in [-0.1, -0.05) is 37.3 Å². The van der Waals surface area contributed by atoms with E-state index in [9.17, 15) is 23.6 Å². The summed E-state index contributed by atoms with van der Waals surface area (Å²) < 4.78 is 13.2. The van der Waals surface area contributed by atoms with Crippen LogP contribution in [0.25, 0.3) is 0 Å². The quantitative estimate of drug-likeness (QED) is 0.357. The molecule has 0 radical (unpaired) electrons. The normalized spacial score (nSPS) is 17.9. The van der Waals surface area contributed by atoms with Crippen LogP contribution in [-0.4, -0.2) is 71.7 Å². The number of hydrogen-bond donors (Lipinski definition) is 3. The number of nitrogens with one attached hydrogen (secondary N) is 2. The number of amides is 4. The summed E-state index contributed by atoms with van der Waals surface area (Å²) in [5.74, 6) is -2.29. The number of carbonyl (C=O) groups is 4. The van der Waals surface area contributed by atoms with E-state index >= 15 is 0 Å². The minimum absolute atomic E-state index is 0.236. The van der Waals surface area contributed by atoms with E-state index in [0.29, 0.717) is 37.7 Å². The second-order valence-electron chi connectivity index (χ2n) is 10.6. The highest BCUT2D eigenvalue weighted by Gasteiger charge is 2.36. The highest BCUT2D eigenvalue weighted by atomic mass is 19.1. The van der Waals surface area contributed by atoms with Crippen molar-refractivity contribution in [3.05, 3.63) is 66.0 Å². The largest absolute Gasteiger partial charge is 0.350 e. The van der Waals surface area contributed by atoms with E-state index in [-0.39, 0.29) is 18.9 Å². The lowest BCUT2D eigenvalue weighted by Gasteiger charge is -2.34. The molecule has 4 rings (SSSR count). The van der Waals surface area contributed by atoms with Gasteiger partial charge in [-0.15, -0.1) is 0 Å². The predicted octanol–water partition coefficient (Wildman–Crippen LogP) is 1.93. The van der Waals surface area contributed by atoms with Crippen molar-refractivity contribution >= 4 is 29.3 Å². The van der Waals surface area contributed by atoms with Crippen LogP contribution < -0.4 is 16.4 Å². The minimum atomic E-state index is -0.660. The second kappa shape index (κ2) is 12.8. The SMILES string of the molecule is C[C@H](C[C@H](N)[C@H](Cc1ccccc1)NC(=O)CN1CCN(CC2CC2)C(=O)C1=O)C(=O)Nc1ccc(F)cc1. The van der Waals surface area contributed by atoms with Crippen molar-refractivity contribution in [2.75, 3.05) is 31.5 Å². The van der Waals surface area contributed by atoms with Crippen molar-refractivity contribution < 1.29 is 23.6 Å². The summed E-state index contributed by atoms with van der Waals surface area (Å²) in [4.78, 5) is 53.8. The van der Waals surface area contributed by atoms with Crippen LogP contribution in [0.1, 0.15) is 31.7 Å². The van der Waals surface area contributed by atoms with E-state index in [4.69, 9.17) is 5.73 Å². The van der Waals surface area contributed by atoms with Crippen molar-refractivity contribution in [1.29, 1.82) is 0 Å². The Kier molecular flexibility index (Phi) is 9.29. The smallest absolute Gasteiger partial charge is 0.312 e. The Morgan fingerprint density at radius 3 is 2.31 bits per heavy atom. The van der Waals surface area contributed by atoms with Crippen molar-refractivity contribution in [3.63, 3.8) is 0 Å². The maximum atomic E-state index is 13.2. The van der Waals surface area contributed by atoms with Gasteiger partial charge in [-0.05, 0) is 61.4 Å². The molecule has 4 amide bonds. The predicted molar refractivity (Wildman–Crippen MR) is 145 cm³/mol. The lowest BCUT2D eigenvalue weighted by molar-refractivity contribution is -0.157. The van der Waals surface area contributed by atoms with Gasteiger partial charge < -0.3 is 26.2 Å². The summed E-state index contributed by atoms with van der Waals surface area (Å²) >= 11 is 0. The fourth-order valence-electron chi connectivity index (χ4n) is 4.73. The summed E-state index contributed by atoms with van der Waals surface area (Å²) in [6, 6.07) is 13.9. The van der Waals surface area contributed by atoms with Crippen molar-refractivity contribution in [2.24, 2.45) is 17.6 Å². The fourth-order valence-corrected chi connectivity index (χ4v) is 4.73. The van der Waals surface area contributed by atoms with E-state index in [0.717, 1.165) is 18.4 Å². The van der Waals surface area contributed by atoms with Gasteiger partial charge in [0.15, 0.2) is 0 Å². The van der Waals surface area contributed by atoms with Gasteiger partial charge in [0.1, 0.15) is 12.4 Å². The maximum Gasteiger partial charge on any atom is 0.312 e. The molecule has 2 fully saturated rings. The summed E-state index contributed by atoms with van der Waals surface area (Å²) in [7, 11) is 0. The molecule has 1 saturated carbocycles.